The second-order valence-electron chi connectivity index (χ2n) is 5.21. The van der Waals surface area contributed by atoms with E-state index in [-0.39, 0.29) is 0 Å². The van der Waals surface area contributed by atoms with Gasteiger partial charge in [-0.3, -0.25) is 4.98 Å². The Labute approximate surface area is 106 Å². The van der Waals surface area contributed by atoms with Gasteiger partial charge in [-0.1, -0.05) is 26.8 Å². The van der Waals surface area contributed by atoms with Crippen LogP contribution in [0.25, 0.3) is 0 Å². The molecule has 0 saturated heterocycles. The molecule has 0 fully saturated rings. The van der Waals surface area contributed by atoms with Crippen LogP contribution < -0.4 is 5.32 Å². The highest BCUT2D eigenvalue weighted by Crippen LogP contribution is 2.20. The molecule has 96 valence electrons. The Balaban J connectivity index is 2.63. The normalized spacial score (nSPS) is 13.0. The lowest BCUT2D eigenvalue weighted by Crippen LogP contribution is -2.22. The standard InChI is InChI=1S/C15H26N2/c1-5-10-16-15(9-6-12(2)3)14-8-7-13(4)17-11-14/h7-8,11-12,15-16H,5-6,9-10H2,1-4H3. The Kier molecular flexibility index (Phi) is 6.20. The highest BCUT2D eigenvalue weighted by molar-refractivity contribution is 5.17. The molecular weight excluding hydrogens is 208 g/mol. The maximum Gasteiger partial charge on any atom is 0.0372 e. The summed E-state index contributed by atoms with van der Waals surface area (Å²) in [4.78, 5) is 4.40. The summed E-state index contributed by atoms with van der Waals surface area (Å²) >= 11 is 0. The predicted octanol–water partition coefficient (Wildman–Crippen LogP) is 3.87. The zero-order valence-electron chi connectivity index (χ0n) is 11.7. The second kappa shape index (κ2) is 7.44. The van der Waals surface area contributed by atoms with Crippen molar-refractivity contribution in [2.24, 2.45) is 5.92 Å². The van der Waals surface area contributed by atoms with E-state index in [4.69, 9.17) is 0 Å². The third-order valence-electron chi connectivity index (χ3n) is 3.01. The molecule has 0 aliphatic rings. The lowest BCUT2D eigenvalue weighted by atomic mass is 9.98. The number of aromatic nitrogens is 1. The van der Waals surface area contributed by atoms with Crippen LogP contribution in [0.3, 0.4) is 0 Å². The van der Waals surface area contributed by atoms with Crippen molar-refractivity contribution in [3.63, 3.8) is 0 Å². The van der Waals surface area contributed by atoms with Gasteiger partial charge in [0.2, 0.25) is 0 Å². The van der Waals surface area contributed by atoms with Crippen molar-refractivity contribution in [2.45, 2.75) is 53.0 Å². The first kappa shape index (κ1) is 14.2. The van der Waals surface area contributed by atoms with Crippen LogP contribution in [0.5, 0.6) is 0 Å². The fourth-order valence-electron chi connectivity index (χ4n) is 1.89. The molecule has 0 aliphatic carbocycles. The van der Waals surface area contributed by atoms with Gasteiger partial charge in [0.25, 0.3) is 0 Å². The van der Waals surface area contributed by atoms with Gasteiger partial charge in [0.1, 0.15) is 0 Å². The van der Waals surface area contributed by atoms with E-state index in [9.17, 15) is 0 Å². The zero-order valence-corrected chi connectivity index (χ0v) is 11.7. The fourth-order valence-corrected chi connectivity index (χ4v) is 1.89. The lowest BCUT2D eigenvalue weighted by Gasteiger charge is -2.19. The molecular formula is C15H26N2. The minimum absolute atomic E-state index is 0.463. The summed E-state index contributed by atoms with van der Waals surface area (Å²) in [6.45, 7) is 9.89. The monoisotopic (exact) mass is 234 g/mol. The SMILES string of the molecule is CCCNC(CCC(C)C)c1ccc(C)nc1. The average Bonchev–Trinajstić information content (AvgIpc) is 2.30. The Morgan fingerprint density at radius 1 is 1.24 bits per heavy atom. The molecule has 1 N–H and O–H groups in total. The van der Waals surface area contributed by atoms with Crippen LogP contribution in [-0.4, -0.2) is 11.5 Å². The summed E-state index contributed by atoms with van der Waals surface area (Å²) in [5, 5.41) is 3.62. The molecule has 1 rings (SSSR count). The number of nitrogens with zero attached hydrogens (tertiary/aromatic N) is 1. The van der Waals surface area contributed by atoms with Crippen molar-refractivity contribution >= 4 is 0 Å². The van der Waals surface area contributed by atoms with Gasteiger partial charge in [0, 0.05) is 17.9 Å². The van der Waals surface area contributed by atoms with Crippen LogP contribution in [0.1, 0.15) is 57.3 Å². The molecule has 1 heterocycles. The van der Waals surface area contributed by atoms with Crippen LogP contribution in [0.2, 0.25) is 0 Å². The van der Waals surface area contributed by atoms with E-state index in [1.54, 1.807) is 0 Å². The van der Waals surface area contributed by atoms with Gasteiger partial charge >= 0.3 is 0 Å². The van der Waals surface area contributed by atoms with Gasteiger partial charge in [0.15, 0.2) is 0 Å². The van der Waals surface area contributed by atoms with Crippen LogP contribution in [0.15, 0.2) is 18.3 Å². The third kappa shape index (κ3) is 5.31. The highest BCUT2D eigenvalue weighted by Gasteiger charge is 2.11. The van der Waals surface area contributed by atoms with Gasteiger partial charge in [-0.05, 0) is 50.3 Å². The Morgan fingerprint density at radius 2 is 2.00 bits per heavy atom. The van der Waals surface area contributed by atoms with Gasteiger partial charge < -0.3 is 5.32 Å². The molecule has 2 nitrogen and oxygen atoms in total. The molecule has 17 heavy (non-hydrogen) atoms. The number of hydrogen-bond donors (Lipinski definition) is 1. The maximum absolute atomic E-state index is 4.40. The van der Waals surface area contributed by atoms with Crippen LogP contribution in [0.4, 0.5) is 0 Å². The van der Waals surface area contributed by atoms with Crippen molar-refractivity contribution < 1.29 is 0 Å². The molecule has 0 saturated carbocycles. The first-order chi connectivity index (χ1) is 8.13. The Hall–Kier alpha value is -0.890. The maximum atomic E-state index is 4.40. The number of rotatable bonds is 7. The molecule has 2 heteroatoms. The molecule has 1 aromatic rings. The second-order valence-corrected chi connectivity index (χ2v) is 5.21. The first-order valence-corrected chi connectivity index (χ1v) is 6.79. The molecule has 0 aliphatic heterocycles. The molecule has 0 amide bonds. The van der Waals surface area contributed by atoms with E-state index in [1.807, 2.05) is 13.1 Å². The van der Waals surface area contributed by atoms with E-state index < -0.39 is 0 Å². The Bertz CT molecular complexity index is 303. The molecule has 1 aromatic heterocycles. The third-order valence-corrected chi connectivity index (χ3v) is 3.01. The minimum atomic E-state index is 0.463. The predicted molar refractivity (Wildman–Crippen MR) is 74.1 cm³/mol. The zero-order chi connectivity index (χ0) is 12.7. The minimum Gasteiger partial charge on any atom is -0.310 e. The summed E-state index contributed by atoms with van der Waals surface area (Å²) < 4.78 is 0. The summed E-state index contributed by atoms with van der Waals surface area (Å²) in [5.41, 5.74) is 2.41. The quantitative estimate of drug-likeness (QED) is 0.774. The number of aryl methyl sites for hydroxylation is 1. The molecule has 1 atom stereocenters. The molecule has 1 unspecified atom stereocenters. The largest absolute Gasteiger partial charge is 0.310 e. The molecule has 0 bridgehead atoms. The van der Waals surface area contributed by atoms with Crippen molar-refractivity contribution in [1.29, 1.82) is 0 Å². The number of nitrogens with one attached hydrogen (secondary N) is 1. The molecule has 0 aromatic carbocycles. The molecule has 0 radical (unpaired) electrons. The van der Waals surface area contributed by atoms with Crippen LogP contribution >= 0.6 is 0 Å². The van der Waals surface area contributed by atoms with Gasteiger partial charge in [0.05, 0.1) is 0 Å². The summed E-state index contributed by atoms with van der Waals surface area (Å²) in [6.07, 6.45) is 5.65. The topological polar surface area (TPSA) is 24.9 Å². The van der Waals surface area contributed by atoms with E-state index in [1.165, 1.54) is 24.8 Å². The Morgan fingerprint density at radius 3 is 2.53 bits per heavy atom. The van der Waals surface area contributed by atoms with Crippen molar-refractivity contribution in [3.8, 4) is 0 Å². The summed E-state index contributed by atoms with van der Waals surface area (Å²) in [7, 11) is 0. The number of hydrogen-bond acceptors (Lipinski definition) is 2. The van der Waals surface area contributed by atoms with Crippen molar-refractivity contribution in [1.82, 2.24) is 10.3 Å². The van der Waals surface area contributed by atoms with E-state index in [2.05, 4.69) is 43.2 Å². The summed E-state index contributed by atoms with van der Waals surface area (Å²) in [6, 6.07) is 4.77. The van der Waals surface area contributed by atoms with E-state index >= 15 is 0 Å². The van der Waals surface area contributed by atoms with Gasteiger partial charge in [-0.2, -0.15) is 0 Å². The highest BCUT2D eigenvalue weighted by atomic mass is 14.9. The van der Waals surface area contributed by atoms with Gasteiger partial charge in [-0.15, -0.1) is 0 Å². The van der Waals surface area contributed by atoms with E-state index in [0.29, 0.717) is 6.04 Å². The van der Waals surface area contributed by atoms with Crippen molar-refractivity contribution in [2.75, 3.05) is 6.54 Å². The van der Waals surface area contributed by atoms with E-state index in [0.717, 1.165) is 18.2 Å². The first-order valence-electron chi connectivity index (χ1n) is 6.79. The summed E-state index contributed by atoms with van der Waals surface area (Å²) in [5.74, 6) is 0.763. The van der Waals surface area contributed by atoms with Crippen LogP contribution in [-0.2, 0) is 0 Å². The lowest BCUT2D eigenvalue weighted by molar-refractivity contribution is 0.440. The fraction of sp³-hybridized carbons (Fsp3) is 0.667. The smallest absolute Gasteiger partial charge is 0.0372 e. The van der Waals surface area contributed by atoms with Crippen LogP contribution in [0, 0.1) is 12.8 Å². The average molecular weight is 234 g/mol. The number of pyridine rings is 1. The van der Waals surface area contributed by atoms with Gasteiger partial charge in [-0.25, -0.2) is 0 Å². The molecule has 0 spiro atoms. The van der Waals surface area contributed by atoms with Crippen molar-refractivity contribution in [3.05, 3.63) is 29.6 Å².